The number of hydrogen-bond donors (Lipinski definition) is 2. The molecule has 1 aromatic rings. The third-order valence-electron chi connectivity index (χ3n) is 2.75. The molecule has 0 aliphatic heterocycles. The van der Waals surface area contributed by atoms with Crippen molar-refractivity contribution in [3.05, 3.63) is 5.01 Å². The van der Waals surface area contributed by atoms with Crippen molar-refractivity contribution in [3.63, 3.8) is 0 Å². The Morgan fingerprint density at radius 2 is 2.00 bits per heavy atom. The average molecular weight is 285 g/mol. The Morgan fingerprint density at radius 1 is 1.32 bits per heavy atom. The lowest BCUT2D eigenvalue weighted by Crippen LogP contribution is -2.41. The van der Waals surface area contributed by atoms with Gasteiger partial charge in [-0.05, 0) is 26.9 Å². The van der Waals surface area contributed by atoms with Crippen molar-refractivity contribution in [2.75, 3.05) is 31.5 Å². The van der Waals surface area contributed by atoms with Crippen molar-refractivity contribution < 1.29 is 4.79 Å². The van der Waals surface area contributed by atoms with Gasteiger partial charge < -0.3 is 15.5 Å². The second-order valence-corrected chi connectivity index (χ2v) is 5.28. The molecule has 2 N–H and O–H groups in total. The number of nitrogens with one attached hydrogen (secondary N) is 2. The molecule has 6 nitrogen and oxygen atoms in total. The molecule has 1 aromatic heterocycles. The van der Waals surface area contributed by atoms with Crippen LogP contribution in [0.2, 0.25) is 0 Å². The summed E-state index contributed by atoms with van der Waals surface area (Å²) >= 11 is 1.28. The maximum Gasteiger partial charge on any atom is 0.282 e. The Balaban J connectivity index is 2.48. The lowest BCUT2D eigenvalue weighted by atomic mass is 10.3. The Morgan fingerprint density at radius 3 is 2.58 bits per heavy atom. The average Bonchev–Trinajstić information content (AvgIpc) is 2.85. The summed E-state index contributed by atoms with van der Waals surface area (Å²) in [5.74, 6) is -0.152. The smallest absolute Gasteiger partial charge is 0.282 e. The largest absolute Gasteiger partial charge is 0.360 e. The van der Waals surface area contributed by atoms with Gasteiger partial charge in [0, 0.05) is 19.1 Å². The topological polar surface area (TPSA) is 70.1 Å². The fourth-order valence-corrected chi connectivity index (χ4v) is 2.45. The van der Waals surface area contributed by atoms with Crippen LogP contribution in [0, 0.1) is 0 Å². The number of amides is 1. The van der Waals surface area contributed by atoms with Crippen molar-refractivity contribution >= 4 is 22.4 Å². The summed E-state index contributed by atoms with van der Waals surface area (Å²) in [5.41, 5.74) is 0. The monoisotopic (exact) mass is 285 g/mol. The Labute approximate surface area is 118 Å². The van der Waals surface area contributed by atoms with Gasteiger partial charge in [-0.2, -0.15) is 0 Å². The van der Waals surface area contributed by atoms with Crippen LogP contribution in [0.3, 0.4) is 0 Å². The maximum absolute atomic E-state index is 12.0. The molecule has 0 spiro atoms. The third kappa shape index (κ3) is 5.12. The first-order valence-corrected chi connectivity index (χ1v) is 7.52. The zero-order chi connectivity index (χ0) is 14.3. The fraction of sp³-hybridized carbons (Fsp3) is 0.750. The zero-order valence-corrected chi connectivity index (χ0v) is 12.9. The summed E-state index contributed by atoms with van der Waals surface area (Å²) in [7, 11) is 0. The highest BCUT2D eigenvalue weighted by Gasteiger charge is 2.16. The number of rotatable bonds is 8. The van der Waals surface area contributed by atoms with Crippen LogP contribution in [0.1, 0.15) is 37.5 Å². The van der Waals surface area contributed by atoms with Crippen LogP contribution in [0.25, 0.3) is 0 Å². The summed E-state index contributed by atoms with van der Waals surface area (Å²) in [6.45, 7) is 11.8. The second kappa shape index (κ2) is 8.06. The van der Waals surface area contributed by atoms with E-state index in [1.54, 1.807) is 0 Å². The normalized spacial score (nSPS) is 12.5. The van der Waals surface area contributed by atoms with Gasteiger partial charge >= 0.3 is 0 Å². The van der Waals surface area contributed by atoms with Crippen LogP contribution in [-0.2, 0) is 0 Å². The van der Waals surface area contributed by atoms with Gasteiger partial charge in [0.2, 0.25) is 10.1 Å². The molecule has 1 amide bonds. The van der Waals surface area contributed by atoms with Crippen LogP contribution in [0.5, 0.6) is 0 Å². The highest BCUT2D eigenvalue weighted by molar-refractivity contribution is 7.17. The first kappa shape index (κ1) is 15.8. The Hall–Kier alpha value is -1.21. The minimum absolute atomic E-state index is 0.0962. The summed E-state index contributed by atoms with van der Waals surface area (Å²) in [5, 5.41) is 14.9. The SMILES string of the molecule is CCNc1nnc(C(=O)NC(C)CN(CC)CC)s1. The molecular weight excluding hydrogens is 262 g/mol. The van der Waals surface area contributed by atoms with E-state index in [4.69, 9.17) is 0 Å². The van der Waals surface area contributed by atoms with Crippen molar-refractivity contribution in [2.45, 2.75) is 33.7 Å². The summed E-state index contributed by atoms with van der Waals surface area (Å²) in [4.78, 5) is 14.3. The molecule has 1 atom stereocenters. The quantitative estimate of drug-likeness (QED) is 0.756. The minimum atomic E-state index is -0.152. The van der Waals surface area contributed by atoms with E-state index in [0.29, 0.717) is 10.1 Å². The molecule has 0 fully saturated rings. The van der Waals surface area contributed by atoms with Crippen molar-refractivity contribution in [3.8, 4) is 0 Å². The number of likely N-dealkylation sites (N-methyl/N-ethyl adjacent to an activating group) is 1. The molecule has 0 aromatic carbocycles. The first-order valence-electron chi connectivity index (χ1n) is 6.71. The van der Waals surface area contributed by atoms with Crippen LogP contribution in [0.4, 0.5) is 5.13 Å². The Bertz CT molecular complexity index is 391. The van der Waals surface area contributed by atoms with Crippen molar-refractivity contribution in [1.82, 2.24) is 20.4 Å². The van der Waals surface area contributed by atoms with E-state index in [9.17, 15) is 4.79 Å². The number of carbonyl (C=O) groups is 1. The van der Waals surface area contributed by atoms with Gasteiger partial charge in [-0.15, -0.1) is 10.2 Å². The third-order valence-corrected chi connectivity index (χ3v) is 3.63. The van der Waals surface area contributed by atoms with E-state index < -0.39 is 0 Å². The van der Waals surface area contributed by atoms with Crippen LogP contribution in [-0.4, -0.2) is 53.2 Å². The van der Waals surface area contributed by atoms with Crippen LogP contribution >= 0.6 is 11.3 Å². The molecule has 0 saturated carbocycles. The van der Waals surface area contributed by atoms with Crippen molar-refractivity contribution in [1.29, 1.82) is 0 Å². The summed E-state index contributed by atoms with van der Waals surface area (Å²) < 4.78 is 0. The molecule has 0 bridgehead atoms. The minimum Gasteiger partial charge on any atom is -0.360 e. The second-order valence-electron chi connectivity index (χ2n) is 4.30. The molecule has 0 radical (unpaired) electrons. The highest BCUT2D eigenvalue weighted by Crippen LogP contribution is 2.14. The molecular formula is C12H23N5OS. The van der Waals surface area contributed by atoms with Gasteiger partial charge in [0.05, 0.1) is 0 Å². The lowest BCUT2D eigenvalue weighted by Gasteiger charge is -2.22. The standard InChI is InChI=1S/C12H23N5OS/c1-5-13-12-16-15-11(19-12)10(18)14-9(4)8-17(6-2)7-3/h9H,5-8H2,1-4H3,(H,13,16)(H,14,18). The molecule has 0 aliphatic carbocycles. The zero-order valence-electron chi connectivity index (χ0n) is 12.1. The van der Waals surface area contributed by atoms with Crippen molar-refractivity contribution in [2.24, 2.45) is 0 Å². The molecule has 0 saturated heterocycles. The molecule has 1 rings (SSSR count). The van der Waals surface area contributed by atoms with Gasteiger partial charge in [0.25, 0.3) is 5.91 Å². The predicted octanol–water partition coefficient (Wildman–Crippen LogP) is 1.43. The van der Waals surface area contributed by atoms with Crippen LogP contribution < -0.4 is 10.6 Å². The molecule has 0 aliphatic rings. The maximum atomic E-state index is 12.0. The molecule has 19 heavy (non-hydrogen) atoms. The van der Waals surface area contributed by atoms with E-state index in [-0.39, 0.29) is 11.9 Å². The highest BCUT2D eigenvalue weighted by atomic mass is 32.1. The summed E-state index contributed by atoms with van der Waals surface area (Å²) in [6.07, 6.45) is 0. The molecule has 1 heterocycles. The van der Waals surface area contributed by atoms with E-state index in [0.717, 1.165) is 26.2 Å². The number of aromatic nitrogens is 2. The Kier molecular flexibility index (Phi) is 6.72. The molecule has 1 unspecified atom stereocenters. The van der Waals surface area contributed by atoms with Crippen LogP contribution in [0.15, 0.2) is 0 Å². The summed E-state index contributed by atoms with van der Waals surface area (Å²) in [6, 6.07) is 0.0962. The molecule has 108 valence electrons. The lowest BCUT2D eigenvalue weighted by molar-refractivity contribution is 0.0929. The van der Waals surface area contributed by atoms with E-state index >= 15 is 0 Å². The first-order chi connectivity index (χ1) is 9.10. The van der Waals surface area contributed by atoms with Gasteiger partial charge in [-0.1, -0.05) is 25.2 Å². The number of nitrogens with zero attached hydrogens (tertiary/aromatic N) is 3. The molecule has 7 heteroatoms. The van der Waals surface area contributed by atoms with Gasteiger partial charge in [0.1, 0.15) is 0 Å². The van der Waals surface area contributed by atoms with E-state index in [1.165, 1.54) is 11.3 Å². The number of carbonyl (C=O) groups excluding carboxylic acids is 1. The van der Waals surface area contributed by atoms with Gasteiger partial charge in [0.15, 0.2) is 0 Å². The number of hydrogen-bond acceptors (Lipinski definition) is 6. The van der Waals surface area contributed by atoms with Gasteiger partial charge in [-0.25, -0.2) is 0 Å². The van der Waals surface area contributed by atoms with Gasteiger partial charge in [-0.3, -0.25) is 4.79 Å². The van der Waals surface area contributed by atoms with E-state index in [1.807, 2.05) is 13.8 Å². The predicted molar refractivity (Wildman–Crippen MR) is 78.8 cm³/mol. The van der Waals surface area contributed by atoms with E-state index in [2.05, 4.69) is 39.6 Å². The fourth-order valence-electron chi connectivity index (χ4n) is 1.74. The number of anilines is 1.